The zero-order valence-corrected chi connectivity index (χ0v) is 17.0. The van der Waals surface area contributed by atoms with Gasteiger partial charge in [0.05, 0.1) is 30.9 Å². The molecule has 6 nitrogen and oxygen atoms in total. The highest BCUT2D eigenvalue weighted by Gasteiger charge is 2.21. The molecular formula is C22H27NO5. The third-order valence-electron chi connectivity index (χ3n) is 5.75. The molecule has 3 aromatic rings. The first-order valence-corrected chi connectivity index (χ1v) is 9.62. The number of aliphatic hydroxyl groups excluding tert-OH is 1. The van der Waals surface area contributed by atoms with Gasteiger partial charge in [-0.2, -0.15) is 0 Å². The number of carbonyl (C=O) groups excluding carboxylic acids is 1. The molecule has 0 aliphatic heterocycles. The Morgan fingerprint density at radius 2 is 1.89 bits per heavy atom. The van der Waals surface area contributed by atoms with Crippen molar-refractivity contribution in [3.63, 3.8) is 0 Å². The largest absolute Gasteiger partial charge is 0.464 e. The van der Waals surface area contributed by atoms with Gasteiger partial charge in [0.25, 0.3) is 0 Å². The van der Waals surface area contributed by atoms with E-state index in [0.29, 0.717) is 16.7 Å². The third-order valence-corrected chi connectivity index (χ3v) is 5.75. The Morgan fingerprint density at radius 1 is 1.18 bits per heavy atom. The van der Waals surface area contributed by atoms with Gasteiger partial charge in [-0.25, -0.2) is 4.79 Å². The zero-order chi connectivity index (χ0) is 20.6. The predicted molar refractivity (Wildman–Crippen MR) is 109 cm³/mol. The van der Waals surface area contributed by atoms with E-state index in [1.165, 1.54) is 0 Å². The van der Waals surface area contributed by atoms with Crippen LogP contribution >= 0.6 is 0 Å². The Labute approximate surface area is 163 Å². The van der Waals surface area contributed by atoms with Crippen molar-refractivity contribution < 1.29 is 18.7 Å². The molecule has 1 aromatic carbocycles. The van der Waals surface area contributed by atoms with Gasteiger partial charge in [0.15, 0.2) is 0 Å². The van der Waals surface area contributed by atoms with Crippen molar-refractivity contribution in [2.45, 2.75) is 53.5 Å². The van der Waals surface area contributed by atoms with Gasteiger partial charge in [0.1, 0.15) is 11.2 Å². The number of nitrogens with one attached hydrogen (secondary N) is 1. The van der Waals surface area contributed by atoms with Gasteiger partial charge in [-0.1, -0.05) is 20.3 Å². The minimum atomic E-state index is -0.519. The van der Waals surface area contributed by atoms with Crippen LogP contribution < -0.4 is 10.9 Å². The fraction of sp³-hybridized carbons (Fsp3) is 0.455. The van der Waals surface area contributed by atoms with Crippen LogP contribution in [0.1, 0.15) is 42.5 Å². The molecule has 0 spiro atoms. The summed E-state index contributed by atoms with van der Waals surface area (Å²) in [4.78, 5) is 25.1. The molecule has 28 heavy (non-hydrogen) atoms. The van der Waals surface area contributed by atoms with E-state index >= 15 is 0 Å². The molecule has 0 unspecified atom stereocenters. The van der Waals surface area contributed by atoms with E-state index in [0.717, 1.165) is 33.9 Å². The van der Waals surface area contributed by atoms with E-state index in [-0.39, 0.29) is 30.9 Å². The molecule has 0 fully saturated rings. The average molecular weight is 385 g/mol. The molecule has 0 saturated heterocycles. The Morgan fingerprint density at radius 3 is 2.54 bits per heavy atom. The number of benzene rings is 1. The highest BCUT2D eigenvalue weighted by Crippen LogP contribution is 2.32. The first-order chi connectivity index (χ1) is 13.3. The van der Waals surface area contributed by atoms with Crippen molar-refractivity contribution in [3.8, 4) is 0 Å². The van der Waals surface area contributed by atoms with Crippen molar-refractivity contribution >= 4 is 27.8 Å². The topological polar surface area (TPSA) is 92.7 Å². The number of aliphatic hydroxyl groups is 1. The van der Waals surface area contributed by atoms with Crippen molar-refractivity contribution in [3.05, 3.63) is 45.0 Å². The van der Waals surface area contributed by atoms with Crippen LogP contribution in [0, 0.1) is 26.7 Å². The summed E-state index contributed by atoms with van der Waals surface area (Å²) in [5, 5.41) is 14.1. The molecule has 0 saturated carbocycles. The van der Waals surface area contributed by atoms with Crippen molar-refractivity contribution in [1.82, 2.24) is 5.32 Å². The summed E-state index contributed by atoms with van der Waals surface area (Å²) < 4.78 is 11.2. The summed E-state index contributed by atoms with van der Waals surface area (Å²) in [5.74, 6) is -0.158. The normalized spacial score (nSPS) is 13.8. The first kappa shape index (κ1) is 20.1. The molecule has 3 rings (SSSR count). The Bertz CT molecular complexity index is 1090. The van der Waals surface area contributed by atoms with Crippen LogP contribution in [0.15, 0.2) is 26.0 Å². The second kappa shape index (κ2) is 7.80. The van der Waals surface area contributed by atoms with Gasteiger partial charge >= 0.3 is 5.63 Å². The number of hydrogen-bond donors (Lipinski definition) is 2. The standard InChI is InChI=1S/C22H27NO5/c1-6-11(2)18(9-24)23-19(25)8-17-13(4)16-7-15-12(3)10-27-20(15)14(5)21(16)28-22(17)26/h7,10-11,18,24H,6,8-9H2,1-5H3,(H,23,25)/t11-,18-/m1/s1. The molecule has 1 amide bonds. The Kier molecular flexibility index (Phi) is 5.61. The molecule has 2 aromatic heterocycles. The van der Waals surface area contributed by atoms with Crippen LogP contribution in [0.2, 0.25) is 0 Å². The third kappa shape index (κ3) is 3.44. The average Bonchev–Trinajstić information content (AvgIpc) is 3.05. The molecule has 150 valence electrons. The number of hydrogen-bond acceptors (Lipinski definition) is 5. The van der Waals surface area contributed by atoms with E-state index in [9.17, 15) is 14.7 Å². The van der Waals surface area contributed by atoms with Gasteiger partial charge in [-0.05, 0) is 43.9 Å². The number of rotatable bonds is 6. The SMILES string of the molecule is CC[C@@H](C)[C@@H](CO)NC(=O)Cc1c(C)c2cc3c(C)coc3c(C)c2oc1=O. The molecule has 2 heterocycles. The second-order valence-corrected chi connectivity index (χ2v) is 7.59. The molecule has 0 aliphatic rings. The lowest BCUT2D eigenvalue weighted by atomic mass is 9.97. The van der Waals surface area contributed by atoms with Crippen molar-refractivity contribution in [2.24, 2.45) is 5.92 Å². The quantitative estimate of drug-likeness (QED) is 0.633. The fourth-order valence-electron chi connectivity index (χ4n) is 3.59. The molecule has 0 bridgehead atoms. The summed E-state index contributed by atoms with van der Waals surface area (Å²) in [6, 6.07) is 1.62. The highest BCUT2D eigenvalue weighted by molar-refractivity contribution is 6.00. The number of fused-ring (bicyclic) bond motifs is 2. The lowest BCUT2D eigenvalue weighted by Gasteiger charge is -2.22. The second-order valence-electron chi connectivity index (χ2n) is 7.59. The Balaban J connectivity index is 2.02. The van der Waals surface area contributed by atoms with Gasteiger partial charge in [0, 0.05) is 16.3 Å². The lowest BCUT2D eigenvalue weighted by Crippen LogP contribution is -2.43. The van der Waals surface area contributed by atoms with E-state index in [1.807, 2.05) is 40.7 Å². The monoisotopic (exact) mass is 385 g/mol. The minimum absolute atomic E-state index is 0.0848. The molecular weight excluding hydrogens is 358 g/mol. The van der Waals surface area contributed by atoms with Crippen LogP contribution in [0.5, 0.6) is 0 Å². The fourth-order valence-corrected chi connectivity index (χ4v) is 3.59. The van der Waals surface area contributed by atoms with Crippen LogP contribution in [-0.2, 0) is 11.2 Å². The summed E-state index contributed by atoms with van der Waals surface area (Å²) in [6.07, 6.45) is 2.43. The summed E-state index contributed by atoms with van der Waals surface area (Å²) in [7, 11) is 0. The zero-order valence-electron chi connectivity index (χ0n) is 17.0. The highest BCUT2D eigenvalue weighted by atomic mass is 16.4. The number of amides is 1. The lowest BCUT2D eigenvalue weighted by molar-refractivity contribution is -0.121. The smallest absolute Gasteiger partial charge is 0.340 e. The Hall–Kier alpha value is -2.60. The number of aryl methyl sites for hydroxylation is 3. The first-order valence-electron chi connectivity index (χ1n) is 9.62. The van der Waals surface area contributed by atoms with E-state index < -0.39 is 5.63 Å². The summed E-state index contributed by atoms with van der Waals surface area (Å²) in [5.41, 5.74) is 3.52. The van der Waals surface area contributed by atoms with E-state index in [1.54, 1.807) is 6.26 Å². The van der Waals surface area contributed by atoms with Crippen LogP contribution in [-0.4, -0.2) is 23.7 Å². The molecule has 2 N–H and O–H groups in total. The summed E-state index contributed by atoms with van der Waals surface area (Å²) >= 11 is 0. The maximum atomic E-state index is 12.6. The molecule has 0 radical (unpaired) electrons. The van der Waals surface area contributed by atoms with Crippen molar-refractivity contribution in [1.29, 1.82) is 0 Å². The molecule has 6 heteroatoms. The number of carbonyl (C=O) groups is 1. The van der Waals surface area contributed by atoms with Crippen LogP contribution in [0.4, 0.5) is 0 Å². The van der Waals surface area contributed by atoms with Gasteiger partial charge < -0.3 is 19.3 Å². The minimum Gasteiger partial charge on any atom is -0.464 e. The van der Waals surface area contributed by atoms with E-state index in [2.05, 4.69) is 5.32 Å². The van der Waals surface area contributed by atoms with Crippen LogP contribution in [0.25, 0.3) is 21.9 Å². The van der Waals surface area contributed by atoms with Crippen molar-refractivity contribution in [2.75, 3.05) is 6.61 Å². The maximum absolute atomic E-state index is 12.6. The maximum Gasteiger partial charge on any atom is 0.340 e. The van der Waals surface area contributed by atoms with Crippen LogP contribution in [0.3, 0.4) is 0 Å². The summed E-state index contributed by atoms with van der Waals surface area (Å²) in [6.45, 7) is 9.49. The van der Waals surface area contributed by atoms with E-state index in [4.69, 9.17) is 8.83 Å². The van der Waals surface area contributed by atoms with Gasteiger partial charge in [0.2, 0.25) is 5.91 Å². The molecule has 2 atom stereocenters. The molecule has 0 aliphatic carbocycles. The van der Waals surface area contributed by atoms with Gasteiger partial charge in [-0.15, -0.1) is 0 Å². The van der Waals surface area contributed by atoms with Gasteiger partial charge in [-0.3, -0.25) is 4.79 Å². The number of furan rings is 1. The predicted octanol–water partition coefficient (Wildman–Crippen LogP) is 3.53.